The van der Waals surface area contributed by atoms with Gasteiger partial charge in [-0.2, -0.15) is 0 Å². The van der Waals surface area contributed by atoms with Crippen LogP contribution in [0.4, 0.5) is 0 Å². The lowest BCUT2D eigenvalue weighted by Gasteiger charge is -2.44. The van der Waals surface area contributed by atoms with Crippen molar-refractivity contribution < 1.29 is 9.53 Å². The molecule has 4 rings (SSSR count). The third kappa shape index (κ3) is 5.92. The number of fused-ring (bicyclic) bond motifs is 2. The summed E-state index contributed by atoms with van der Waals surface area (Å²) in [6.07, 6.45) is 8.05. The first-order valence-electron chi connectivity index (χ1n) is 12.2. The van der Waals surface area contributed by atoms with Gasteiger partial charge in [0.05, 0.1) is 22.8 Å². The highest BCUT2D eigenvalue weighted by molar-refractivity contribution is 7.99. The average molecular weight is 492 g/mol. The maximum atomic E-state index is 13.3. The van der Waals surface area contributed by atoms with Gasteiger partial charge in [0, 0.05) is 30.8 Å². The van der Waals surface area contributed by atoms with Crippen LogP contribution in [0.1, 0.15) is 58.8 Å². The highest BCUT2D eigenvalue weighted by atomic mass is 35.5. The molecule has 2 fully saturated rings. The molecule has 1 saturated carbocycles. The van der Waals surface area contributed by atoms with E-state index in [4.69, 9.17) is 21.3 Å². The molecule has 1 aliphatic carbocycles. The van der Waals surface area contributed by atoms with Crippen LogP contribution in [0.3, 0.4) is 0 Å². The summed E-state index contributed by atoms with van der Waals surface area (Å²) < 4.78 is 7.35. The Labute approximate surface area is 205 Å². The van der Waals surface area contributed by atoms with Crippen LogP contribution in [-0.4, -0.2) is 51.4 Å². The predicted molar refractivity (Wildman–Crippen MR) is 134 cm³/mol. The predicted octanol–water partition coefficient (Wildman–Crippen LogP) is 5.14. The molecule has 2 aromatic rings. The Bertz CT molecular complexity index is 1040. The van der Waals surface area contributed by atoms with Crippen molar-refractivity contribution in [3.8, 4) is 0 Å². The molecule has 0 spiro atoms. The Balaban J connectivity index is 1.52. The van der Waals surface area contributed by atoms with Crippen LogP contribution in [0.25, 0.3) is 10.9 Å². The molecular weight excluding hydrogens is 458 g/mol. The maximum absolute atomic E-state index is 13.3. The smallest absolute Gasteiger partial charge is 0.262 e. The normalized spacial score (nSPS) is 20.9. The summed E-state index contributed by atoms with van der Waals surface area (Å²) in [5.74, 6) is 1.11. The summed E-state index contributed by atoms with van der Waals surface area (Å²) in [7, 11) is 0. The minimum Gasteiger partial charge on any atom is -0.379 e. The van der Waals surface area contributed by atoms with E-state index in [0.29, 0.717) is 58.4 Å². The first-order chi connectivity index (χ1) is 15.9. The Kier molecular flexibility index (Phi) is 8.36. The molecule has 33 heavy (non-hydrogen) atoms. The van der Waals surface area contributed by atoms with Gasteiger partial charge in [-0.15, -0.1) is 0 Å². The highest BCUT2D eigenvalue weighted by Gasteiger charge is 2.35. The topological polar surface area (TPSA) is 64.4 Å². The van der Waals surface area contributed by atoms with Gasteiger partial charge >= 0.3 is 0 Å². The van der Waals surface area contributed by atoms with E-state index in [2.05, 4.69) is 4.90 Å². The van der Waals surface area contributed by atoms with E-state index in [1.165, 1.54) is 37.4 Å². The molecule has 0 N–H and O–H groups in total. The van der Waals surface area contributed by atoms with Crippen LogP contribution in [0, 0.1) is 5.92 Å². The molecule has 1 aliphatic heterocycles. The number of amides is 1. The molecule has 1 saturated heterocycles. The quantitative estimate of drug-likeness (QED) is 0.290. The number of piperidine rings is 1. The number of hydrogen-bond donors (Lipinski definition) is 0. The standard InChI is InChI=1S/C25H34ClN3O3S/c1-17(2)32-14-6-13-29-24(31)20-11-10-19(26)15-21(20)27-25(29)33-16-23(30)28-12-5-8-18-7-3-4-9-22(18)28/h10-11,15,17-18,22H,3-9,12-14,16H2,1-2H3/t18-,22-/m1/s1. The number of likely N-dealkylation sites (tertiary alicyclic amines) is 1. The Morgan fingerprint density at radius 3 is 2.85 bits per heavy atom. The van der Waals surface area contributed by atoms with Gasteiger partial charge < -0.3 is 9.64 Å². The molecule has 2 heterocycles. The zero-order valence-electron chi connectivity index (χ0n) is 19.6. The number of carbonyl (C=O) groups excluding carboxylic acids is 1. The van der Waals surface area contributed by atoms with Crippen LogP contribution < -0.4 is 5.56 Å². The Morgan fingerprint density at radius 2 is 2.03 bits per heavy atom. The Morgan fingerprint density at radius 1 is 1.24 bits per heavy atom. The van der Waals surface area contributed by atoms with Gasteiger partial charge in [0.15, 0.2) is 5.16 Å². The van der Waals surface area contributed by atoms with Crippen LogP contribution in [0.5, 0.6) is 0 Å². The molecule has 0 unspecified atom stereocenters. The van der Waals surface area contributed by atoms with Crippen LogP contribution in [-0.2, 0) is 16.1 Å². The van der Waals surface area contributed by atoms with E-state index in [0.717, 1.165) is 19.4 Å². The van der Waals surface area contributed by atoms with Gasteiger partial charge in [-0.05, 0) is 70.1 Å². The molecule has 1 aromatic carbocycles. The Hall–Kier alpha value is -1.57. The molecular formula is C25H34ClN3O3S. The lowest BCUT2D eigenvalue weighted by Crippen LogP contribution is -2.50. The van der Waals surface area contributed by atoms with Crippen molar-refractivity contribution >= 4 is 40.2 Å². The molecule has 8 heteroatoms. The molecule has 0 radical (unpaired) electrons. The van der Waals surface area contributed by atoms with Crippen LogP contribution in [0.15, 0.2) is 28.2 Å². The molecule has 180 valence electrons. The zero-order valence-corrected chi connectivity index (χ0v) is 21.2. The highest BCUT2D eigenvalue weighted by Crippen LogP contribution is 2.35. The van der Waals surface area contributed by atoms with Crippen molar-refractivity contribution in [3.63, 3.8) is 0 Å². The summed E-state index contributed by atoms with van der Waals surface area (Å²) in [4.78, 5) is 33.3. The number of nitrogens with zero attached hydrogens (tertiary/aromatic N) is 3. The van der Waals surface area contributed by atoms with Crippen LogP contribution >= 0.6 is 23.4 Å². The van der Waals surface area contributed by atoms with Crippen molar-refractivity contribution in [1.82, 2.24) is 14.5 Å². The number of ether oxygens (including phenoxy) is 1. The average Bonchev–Trinajstić information content (AvgIpc) is 2.80. The monoisotopic (exact) mass is 491 g/mol. The van der Waals surface area contributed by atoms with Crippen molar-refractivity contribution in [3.05, 3.63) is 33.6 Å². The number of hydrogen-bond acceptors (Lipinski definition) is 5. The lowest BCUT2D eigenvalue weighted by molar-refractivity contribution is -0.134. The number of rotatable bonds is 8. The molecule has 0 bridgehead atoms. The van der Waals surface area contributed by atoms with E-state index < -0.39 is 0 Å². The van der Waals surface area contributed by atoms with Gasteiger partial charge in [0.25, 0.3) is 5.56 Å². The number of carbonyl (C=O) groups is 1. The SMILES string of the molecule is CC(C)OCCCn1c(SCC(=O)N2CCC[C@H]3CCCC[C@H]32)nc2cc(Cl)ccc2c1=O. The van der Waals surface area contributed by atoms with Crippen molar-refractivity contribution in [2.45, 2.75) is 82.6 Å². The van der Waals surface area contributed by atoms with Crippen LogP contribution in [0.2, 0.25) is 5.02 Å². The summed E-state index contributed by atoms with van der Waals surface area (Å²) in [6.45, 7) is 5.92. The van der Waals surface area contributed by atoms with Crippen molar-refractivity contribution in [2.24, 2.45) is 5.92 Å². The fraction of sp³-hybridized carbons (Fsp3) is 0.640. The third-order valence-corrected chi connectivity index (χ3v) is 7.94. The molecule has 6 nitrogen and oxygen atoms in total. The second-order valence-electron chi connectivity index (χ2n) is 9.42. The van der Waals surface area contributed by atoms with E-state index in [1.807, 2.05) is 13.8 Å². The maximum Gasteiger partial charge on any atom is 0.262 e. The van der Waals surface area contributed by atoms with Gasteiger partial charge in [-0.1, -0.05) is 36.2 Å². The number of aromatic nitrogens is 2. The third-order valence-electron chi connectivity index (χ3n) is 6.75. The fourth-order valence-electron chi connectivity index (χ4n) is 5.17. The first-order valence-corrected chi connectivity index (χ1v) is 13.5. The van der Waals surface area contributed by atoms with E-state index in [1.54, 1.807) is 22.8 Å². The zero-order chi connectivity index (χ0) is 23.4. The summed E-state index contributed by atoms with van der Waals surface area (Å²) in [5.41, 5.74) is 0.476. The van der Waals surface area contributed by atoms with E-state index in [-0.39, 0.29) is 17.6 Å². The number of halogens is 1. The largest absolute Gasteiger partial charge is 0.379 e. The minimum absolute atomic E-state index is 0.0959. The van der Waals surface area contributed by atoms with Gasteiger partial charge in [-0.3, -0.25) is 14.2 Å². The number of thioether (sulfide) groups is 1. The lowest BCUT2D eigenvalue weighted by atomic mass is 9.78. The second-order valence-corrected chi connectivity index (χ2v) is 10.8. The van der Waals surface area contributed by atoms with Crippen molar-refractivity contribution in [1.29, 1.82) is 0 Å². The summed E-state index contributed by atoms with van der Waals surface area (Å²) >= 11 is 7.52. The van der Waals surface area contributed by atoms with Gasteiger partial charge in [-0.25, -0.2) is 4.98 Å². The van der Waals surface area contributed by atoms with Crippen molar-refractivity contribution in [2.75, 3.05) is 18.9 Å². The van der Waals surface area contributed by atoms with E-state index in [9.17, 15) is 9.59 Å². The fourth-order valence-corrected chi connectivity index (χ4v) is 6.24. The van der Waals surface area contributed by atoms with Gasteiger partial charge in [0.1, 0.15) is 0 Å². The summed E-state index contributed by atoms with van der Waals surface area (Å²) in [6, 6.07) is 5.55. The molecule has 2 atom stereocenters. The minimum atomic E-state index is -0.0959. The number of benzene rings is 1. The van der Waals surface area contributed by atoms with Gasteiger partial charge in [0.2, 0.25) is 5.91 Å². The summed E-state index contributed by atoms with van der Waals surface area (Å²) in [5, 5.41) is 1.66. The molecule has 1 aromatic heterocycles. The molecule has 1 amide bonds. The van der Waals surface area contributed by atoms with E-state index >= 15 is 0 Å². The first kappa shape index (κ1) is 24.6. The molecule has 2 aliphatic rings. The second kappa shape index (κ2) is 11.2.